The van der Waals surface area contributed by atoms with Crippen molar-refractivity contribution in [2.45, 2.75) is 13.1 Å². The zero-order valence-electron chi connectivity index (χ0n) is 20.6. The summed E-state index contributed by atoms with van der Waals surface area (Å²) in [4.78, 5) is 5.02. The van der Waals surface area contributed by atoms with Gasteiger partial charge in [0.05, 0.1) is 37.4 Å². The monoisotopic (exact) mass is 490 g/mol. The smallest absolute Gasteiger partial charge is 0.138 e. The fourth-order valence-corrected chi connectivity index (χ4v) is 4.41. The Labute approximate surface area is 214 Å². The minimum atomic E-state index is 0.625. The van der Waals surface area contributed by atoms with E-state index in [9.17, 15) is 0 Å². The van der Waals surface area contributed by atoms with Crippen molar-refractivity contribution in [3.05, 3.63) is 103 Å². The van der Waals surface area contributed by atoms with E-state index >= 15 is 0 Å². The lowest BCUT2D eigenvalue weighted by Gasteiger charge is -2.10. The van der Waals surface area contributed by atoms with Gasteiger partial charge in [-0.25, -0.2) is 9.67 Å². The number of ether oxygens (including phenoxy) is 2. The van der Waals surface area contributed by atoms with Gasteiger partial charge in [-0.3, -0.25) is 4.68 Å². The van der Waals surface area contributed by atoms with Gasteiger partial charge in [0.15, 0.2) is 0 Å². The molecule has 0 spiro atoms. The van der Waals surface area contributed by atoms with Crippen molar-refractivity contribution in [2.24, 2.45) is 0 Å². The first-order valence-corrected chi connectivity index (χ1v) is 12.0. The second-order valence-corrected chi connectivity index (χ2v) is 8.75. The lowest BCUT2D eigenvalue weighted by atomic mass is 10.1. The Morgan fingerprint density at radius 2 is 1.57 bits per heavy atom. The molecule has 3 heterocycles. The Bertz CT molecular complexity index is 1660. The number of aromatic nitrogens is 5. The quantitative estimate of drug-likeness (QED) is 0.306. The predicted molar refractivity (Wildman–Crippen MR) is 145 cm³/mol. The van der Waals surface area contributed by atoms with Crippen LogP contribution in [-0.4, -0.2) is 38.8 Å². The fraction of sp³-hybridized carbons (Fsp3) is 0.138. The van der Waals surface area contributed by atoms with Gasteiger partial charge >= 0.3 is 0 Å². The highest BCUT2D eigenvalue weighted by Crippen LogP contribution is 2.30. The summed E-state index contributed by atoms with van der Waals surface area (Å²) in [7, 11) is 3.34. The summed E-state index contributed by atoms with van der Waals surface area (Å²) in [5, 5.41) is 14.8. The molecular formula is C29H26N6O2. The first-order chi connectivity index (χ1) is 18.2. The van der Waals surface area contributed by atoms with E-state index in [0.717, 1.165) is 55.9 Å². The molecule has 8 heteroatoms. The number of nitrogens with one attached hydrogen (secondary N) is 1. The van der Waals surface area contributed by atoms with Crippen molar-refractivity contribution in [2.75, 3.05) is 19.5 Å². The van der Waals surface area contributed by atoms with Gasteiger partial charge in [-0.1, -0.05) is 24.3 Å². The lowest BCUT2D eigenvalue weighted by molar-refractivity contribution is 0.414. The zero-order valence-corrected chi connectivity index (χ0v) is 20.6. The molecule has 3 aromatic heterocycles. The Balaban J connectivity index is 1.40. The molecule has 0 unspecified atom stereocenters. The SMILES string of the molecule is COc1ccc(CNc2nc3cc(-n4cccn4)ccc3c3nn(Cc4ccc(OC)cc4)cc23)cc1. The van der Waals surface area contributed by atoms with Crippen LogP contribution in [-0.2, 0) is 13.1 Å². The number of methoxy groups -OCH3 is 2. The third kappa shape index (κ3) is 4.56. The number of hydrogen-bond donors (Lipinski definition) is 1. The molecule has 1 N–H and O–H groups in total. The predicted octanol–water partition coefficient (Wildman–Crippen LogP) is 5.45. The van der Waals surface area contributed by atoms with Crippen LogP contribution in [0.1, 0.15) is 11.1 Å². The van der Waals surface area contributed by atoms with E-state index in [1.807, 2.05) is 70.2 Å². The average Bonchev–Trinajstić information content (AvgIpc) is 3.63. The molecule has 0 bridgehead atoms. The molecule has 37 heavy (non-hydrogen) atoms. The lowest BCUT2D eigenvalue weighted by Crippen LogP contribution is -2.02. The number of anilines is 1. The number of rotatable bonds is 8. The second kappa shape index (κ2) is 9.66. The fourth-order valence-electron chi connectivity index (χ4n) is 4.41. The van der Waals surface area contributed by atoms with Crippen molar-refractivity contribution in [3.63, 3.8) is 0 Å². The van der Waals surface area contributed by atoms with Gasteiger partial charge in [0.25, 0.3) is 0 Å². The van der Waals surface area contributed by atoms with Crippen LogP contribution in [0.5, 0.6) is 11.5 Å². The maximum Gasteiger partial charge on any atom is 0.138 e. The summed E-state index contributed by atoms with van der Waals surface area (Å²) in [6.45, 7) is 1.27. The van der Waals surface area contributed by atoms with E-state index in [1.165, 1.54) is 0 Å². The highest BCUT2D eigenvalue weighted by atomic mass is 16.5. The van der Waals surface area contributed by atoms with Gasteiger partial charge in [0.2, 0.25) is 0 Å². The van der Waals surface area contributed by atoms with Crippen LogP contribution in [0.3, 0.4) is 0 Å². The van der Waals surface area contributed by atoms with E-state index in [-0.39, 0.29) is 0 Å². The molecule has 6 aromatic rings. The van der Waals surface area contributed by atoms with Crippen LogP contribution in [0.15, 0.2) is 91.4 Å². The number of hydrogen-bond acceptors (Lipinski definition) is 6. The van der Waals surface area contributed by atoms with E-state index in [4.69, 9.17) is 19.6 Å². The standard InChI is InChI=1S/C29H26N6O2/c1-36-23-9-4-20(5-10-23)17-30-29-26-19-34(18-21-6-11-24(37-2)12-7-21)33-28(26)25-13-8-22(16-27(25)32-29)35-15-3-14-31-35/h3-16,19H,17-18H2,1-2H3,(H,30,32). The van der Waals surface area contributed by atoms with Crippen LogP contribution in [0.4, 0.5) is 5.82 Å². The summed E-state index contributed by atoms with van der Waals surface area (Å²) in [6, 6.07) is 24.1. The van der Waals surface area contributed by atoms with Crippen LogP contribution in [0.25, 0.3) is 27.5 Å². The van der Waals surface area contributed by atoms with Crippen LogP contribution >= 0.6 is 0 Å². The highest BCUT2D eigenvalue weighted by Gasteiger charge is 2.14. The van der Waals surface area contributed by atoms with E-state index in [1.54, 1.807) is 20.4 Å². The van der Waals surface area contributed by atoms with Crippen molar-refractivity contribution in [3.8, 4) is 17.2 Å². The molecular weight excluding hydrogens is 464 g/mol. The molecule has 0 radical (unpaired) electrons. The van der Waals surface area contributed by atoms with Gasteiger partial charge < -0.3 is 14.8 Å². The number of benzene rings is 3. The van der Waals surface area contributed by atoms with Gasteiger partial charge in [0, 0.05) is 30.5 Å². The summed E-state index contributed by atoms with van der Waals surface area (Å²) in [5.74, 6) is 2.46. The average molecular weight is 491 g/mol. The van der Waals surface area contributed by atoms with Gasteiger partial charge in [-0.05, 0) is 59.7 Å². The molecule has 3 aromatic carbocycles. The second-order valence-electron chi connectivity index (χ2n) is 8.75. The largest absolute Gasteiger partial charge is 0.497 e. The Kier molecular flexibility index (Phi) is 5.90. The molecule has 0 aliphatic heterocycles. The van der Waals surface area contributed by atoms with Gasteiger partial charge in [-0.2, -0.15) is 10.2 Å². The molecule has 8 nitrogen and oxygen atoms in total. The third-order valence-corrected chi connectivity index (χ3v) is 6.38. The summed E-state index contributed by atoms with van der Waals surface area (Å²) in [6.07, 6.45) is 5.75. The zero-order chi connectivity index (χ0) is 25.2. The molecule has 0 saturated carbocycles. The molecule has 0 aliphatic carbocycles. The van der Waals surface area contributed by atoms with Gasteiger partial charge in [-0.15, -0.1) is 0 Å². The minimum Gasteiger partial charge on any atom is -0.497 e. The maximum absolute atomic E-state index is 5.29. The number of pyridine rings is 1. The van der Waals surface area contributed by atoms with Crippen molar-refractivity contribution in [1.82, 2.24) is 24.5 Å². The van der Waals surface area contributed by atoms with Crippen molar-refractivity contribution in [1.29, 1.82) is 0 Å². The summed E-state index contributed by atoms with van der Waals surface area (Å²) in [5.41, 5.74) is 4.98. The van der Waals surface area contributed by atoms with Gasteiger partial charge in [0.1, 0.15) is 22.8 Å². The van der Waals surface area contributed by atoms with Crippen LogP contribution in [0.2, 0.25) is 0 Å². The number of fused-ring (bicyclic) bond motifs is 3. The first kappa shape index (κ1) is 22.6. The molecule has 0 amide bonds. The van der Waals surface area contributed by atoms with Crippen LogP contribution < -0.4 is 14.8 Å². The highest BCUT2D eigenvalue weighted by molar-refractivity contribution is 6.08. The Morgan fingerprint density at radius 1 is 0.838 bits per heavy atom. The molecule has 184 valence electrons. The topological polar surface area (TPSA) is 79.0 Å². The number of nitrogens with zero attached hydrogens (tertiary/aromatic N) is 5. The first-order valence-electron chi connectivity index (χ1n) is 12.0. The molecule has 0 atom stereocenters. The summed E-state index contributed by atoms with van der Waals surface area (Å²) < 4.78 is 14.4. The molecule has 0 aliphatic rings. The van der Waals surface area contributed by atoms with Crippen molar-refractivity contribution >= 4 is 27.6 Å². The maximum atomic E-state index is 5.29. The molecule has 0 saturated heterocycles. The van der Waals surface area contributed by atoms with Crippen LogP contribution in [0, 0.1) is 0 Å². The Morgan fingerprint density at radius 3 is 2.24 bits per heavy atom. The normalized spacial score (nSPS) is 11.2. The third-order valence-electron chi connectivity index (χ3n) is 6.38. The minimum absolute atomic E-state index is 0.625. The van der Waals surface area contributed by atoms with E-state index in [0.29, 0.717) is 13.1 Å². The van der Waals surface area contributed by atoms with Crippen molar-refractivity contribution < 1.29 is 9.47 Å². The van der Waals surface area contributed by atoms with E-state index < -0.39 is 0 Å². The molecule has 0 fully saturated rings. The summed E-state index contributed by atoms with van der Waals surface area (Å²) >= 11 is 0. The molecule has 6 rings (SSSR count). The Hall–Kier alpha value is -4.85. The van der Waals surface area contributed by atoms with E-state index in [2.05, 4.69) is 34.8 Å².